The lowest BCUT2D eigenvalue weighted by Gasteiger charge is -2.28. The van der Waals surface area contributed by atoms with Gasteiger partial charge in [-0.15, -0.1) is 0 Å². The van der Waals surface area contributed by atoms with Crippen LogP contribution in [0, 0.1) is 5.92 Å². The molecule has 0 aliphatic heterocycles. The van der Waals surface area contributed by atoms with Gasteiger partial charge in [0.05, 0.1) is 0 Å². The van der Waals surface area contributed by atoms with E-state index in [0.717, 1.165) is 43.7 Å². The number of methoxy groups -OCH3 is 1. The summed E-state index contributed by atoms with van der Waals surface area (Å²) in [4.78, 5) is 21.1. The Bertz CT molecular complexity index is 856. The first-order chi connectivity index (χ1) is 15.7. The van der Waals surface area contributed by atoms with E-state index in [2.05, 4.69) is 36.9 Å². The highest BCUT2D eigenvalue weighted by molar-refractivity contribution is 5.78. The molecule has 8 heteroatoms. The first-order valence-corrected chi connectivity index (χ1v) is 12.1. The molecular weight excluding hydrogens is 404 g/mol. The number of aromatic nitrogens is 4. The summed E-state index contributed by atoms with van der Waals surface area (Å²) in [6, 6.07) is 4.31. The van der Waals surface area contributed by atoms with Gasteiger partial charge in [0.2, 0.25) is 5.95 Å². The third-order valence-corrected chi connectivity index (χ3v) is 6.80. The van der Waals surface area contributed by atoms with E-state index in [1.54, 1.807) is 13.3 Å². The minimum Gasteiger partial charge on any atom is -0.385 e. The molecule has 0 amide bonds. The smallest absolute Gasteiger partial charge is 0.224 e. The second-order valence-electron chi connectivity index (χ2n) is 9.28. The van der Waals surface area contributed by atoms with Gasteiger partial charge in [-0.05, 0) is 56.9 Å². The van der Waals surface area contributed by atoms with Crippen LogP contribution in [0.5, 0.6) is 0 Å². The Kier molecular flexibility index (Phi) is 8.09. The molecule has 2 aliphatic rings. The number of nitrogens with zero attached hydrogens (tertiary/aromatic N) is 3. The summed E-state index contributed by atoms with van der Waals surface area (Å²) in [5.74, 6) is 3.66. The summed E-state index contributed by atoms with van der Waals surface area (Å²) >= 11 is 0. The zero-order chi connectivity index (χ0) is 22.2. The second kappa shape index (κ2) is 11.4. The van der Waals surface area contributed by atoms with Crippen LogP contribution in [0.15, 0.2) is 18.3 Å². The van der Waals surface area contributed by atoms with Gasteiger partial charge in [-0.3, -0.25) is 9.89 Å². The highest BCUT2D eigenvalue weighted by Crippen LogP contribution is 2.34. The van der Waals surface area contributed by atoms with Gasteiger partial charge in [-0.2, -0.15) is 10.1 Å². The van der Waals surface area contributed by atoms with Crippen molar-refractivity contribution >= 4 is 23.4 Å². The van der Waals surface area contributed by atoms with Crippen molar-refractivity contribution in [2.75, 3.05) is 24.4 Å². The monoisotopic (exact) mass is 440 g/mol. The van der Waals surface area contributed by atoms with E-state index < -0.39 is 0 Å². The van der Waals surface area contributed by atoms with Crippen molar-refractivity contribution < 1.29 is 9.53 Å². The van der Waals surface area contributed by atoms with Gasteiger partial charge in [0.1, 0.15) is 11.6 Å². The predicted molar refractivity (Wildman–Crippen MR) is 125 cm³/mol. The number of ether oxygens (including phenoxy) is 1. The summed E-state index contributed by atoms with van der Waals surface area (Å²) in [5.41, 5.74) is 1.21. The average Bonchev–Trinajstić information content (AvgIpc) is 3.48. The van der Waals surface area contributed by atoms with E-state index in [0.29, 0.717) is 49.1 Å². The van der Waals surface area contributed by atoms with E-state index in [4.69, 9.17) is 4.74 Å². The fourth-order valence-electron chi connectivity index (χ4n) is 5.01. The van der Waals surface area contributed by atoms with Crippen LogP contribution in [0.3, 0.4) is 0 Å². The van der Waals surface area contributed by atoms with Crippen molar-refractivity contribution in [3.63, 3.8) is 0 Å². The zero-order valence-corrected chi connectivity index (χ0v) is 19.1. The lowest BCUT2D eigenvalue weighted by Crippen LogP contribution is -2.28. The van der Waals surface area contributed by atoms with Crippen molar-refractivity contribution in [1.29, 1.82) is 0 Å². The molecule has 0 radical (unpaired) electrons. The molecule has 2 saturated carbocycles. The summed E-state index contributed by atoms with van der Waals surface area (Å²) < 4.78 is 5.03. The molecule has 0 spiro atoms. The van der Waals surface area contributed by atoms with E-state index in [-0.39, 0.29) is 0 Å². The van der Waals surface area contributed by atoms with Crippen LogP contribution in [0.2, 0.25) is 0 Å². The van der Waals surface area contributed by atoms with Gasteiger partial charge < -0.3 is 15.4 Å². The topological polar surface area (TPSA) is 105 Å². The predicted octanol–water partition coefficient (Wildman–Crippen LogP) is 4.96. The van der Waals surface area contributed by atoms with Crippen molar-refractivity contribution in [1.82, 2.24) is 20.2 Å². The van der Waals surface area contributed by atoms with Crippen LogP contribution in [0.1, 0.15) is 82.2 Å². The molecule has 2 aromatic rings. The van der Waals surface area contributed by atoms with Crippen LogP contribution in [-0.4, -0.2) is 45.7 Å². The Labute approximate surface area is 190 Å². The standard InChI is InChI=1S/C24H36N6O2/c1-32-14-4-7-20(31)15-17-8-10-19(11-9-17)26-24-25-13-12-22(28-24)27-23-16-21(29-30-23)18-5-2-3-6-18/h12-13,16-19H,2-11,14-15H2,1H3,(H3,25,26,27,28,29,30). The molecule has 2 aromatic heterocycles. The Morgan fingerprint density at radius 1 is 1.16 bits per heavy atom. The quantitative estimate of drug-likeness (QED) is 0.424. The Hall–Kier alpha value is -2.48. The molecule has 32 heavy (non-hydrogen) atoms. The zero-order valence-electron chi connectivity index (χ0n) is 19.1. The second-order valence-corrected chi connectivity index (χ2v) is 9.28. The van der Waals surface area contributed by atoms with Crippen LogP contribution < -0.4 is 10.6 Å². The average molecular weight is 441 g/mol. The maximum atomic E-state index is 12.1. The molecule has 2 fully saturated rings. The number of ketones is 1. The van der Waals surface area contributed by atoms with E-state index in [1.807, 2.05) is 6.07 Å². The van der Waals surface area contributed by atoms with Crippen LogP contribution >= 0.6 is 0 Å². The van der Waals surface area contributed by atoms with E-state index >= 15 is 0 Å². The summed E-state index contributed by atoms with van der Waals surface area (Å²) in [6.07, 6.45) is 13.3. The Morgan fingerprint density at radius 3 is 2.75 bits per heavy atom. The fraction of sp³-hybridized carbons (Fsp3) is 0.667. The van der Waals surface area contributed by atoms with Crippen molar-refractivity contribution in [3.05, 3.63) is 24.0 Å². The first-order valence-electron chi connectivity index (χ1n) is 12.1. The number of anilines is 3. The summed E-state index contributed by atoms with van der Waals surface area (Å²) in [7, 11) is 1.68. The van der Waals surface area contributed by atoms with Gasteiger partial charge in [0, 0.05) is 56.5 Å². The number of Topliss-reactive ketones (excluding diaryl/α,β-unsaturated/α-hetero) is 1. The van der Waals surface area contributed by atoms with E-state index in [1.165, 1.54) is 31.4 Å². The maximum Gasteiger partial charge on any atom is 0.224 e. The molecule has 8 nitrogen and oxygen atoms in total. The largest absolute Gasteiger partial charge is 0.385 e. The highest BCUT2D eigenvalue weighted by Gasteiger charge is 2.23. The van der Waals surface area contributed by atoms with Gasteiger partial charge >= 0.3 is 0 Å². The minimum absolute atomic E-state index is 0.351. The van der Waals surface area contributed by atoms with Gasteiger partial charge in [-0.1, -0.05) is 12.8 Å². The lowest BCUT2D eigenvalue weighted by atomic mass is 9.83. The van der Waals surface area contributed by atoms with Crippen molar-refractivity contribution in [2.45, 2.75) is 82.6 Å². The molecule has 174 valence electrons. The Balaban J connectivity index is 1.23. The summed E-state index contributed by atoms with van der Waals surface area (Å²) in [6.45, 7) is 0.665. The molecule has 0 bridgehead atoms. The molecule has 0 unspecified atom stereocenters. The van der Waals surface area contributed by atoms with Crippen LogP contribution in [0.25, 0.3) is 0 Å². The first kappa shape index (κ1) is 22.7. The molecule has 0 aromatic carbocycles. The van der Waals surface area contributed by atoms with Crippen molar-refractivity contribution in [2.24, 2.45) is 5.92 Å². The summed E-state index contributed by atoms with van der Waals surface area (Å²) in [5, 5.41) is 14.4. The number of hydrogen-bond acceptors (Lipinski definition) is 7. The number of aromatic amines is 1. The van der Waals surface area contributed by atoms with E-state index in [9.17, 15) is 4.79 Å². The molecule has 2 heterocycles. The third-order valence-electron chi connectivity index (χ3n) is 6.80. The Morgan fingerprint density at radius 2 is 1.97 bits per heavy atom. The number of H-pyrrole nitrogens is 1. The van der Waals surface area contributed by atoms with Gasteiger partial charge in [0.15, 0.2) is 5.82 Å². The van der Waals surface area contributed by atoms with Crippen LogP contribution in [-0.2, 0) is 9.53 Å². The van der Waals surface area contributed by atoms with Crippen molar-refractivity contribution in [3.8, 4) is 0 Å². The molecule has 3 N–H and O–H groups in total. The third kappa shape index (κ3) is 6.51. The number of hydrogen-bond donors (Lipinski definition) is 3. The number of carbonyl (C=O) groups is 1. The molecular formula is C24H36N6O2. The van der Waals surface area contributed by atoms with Crippen LogP contribution in [0.4, 0.5) is 17.6 Å². The number of carbonyl (C=O) groups excluding carboxylic acids is 1. The van der Waals surface area contributed by atoms with Gasteiger partial charge in [-0.25, -0.2) is 4.98 Å². The number of nitrogens with one attached hydrogen (secondary N) is 3. The normalized spacial score (nSPS) is 21.5. The lowest BCUT2D eigenvalue weighted by molar-refractivity contribution is -0.120. The molecule has 0 atom stereocenters. The highest BCUT2D eigenvalue weighted by atomic mass is 16.5. The van der Waals surface area contributed by atoms with Gasteiger partial charge in [0.25, 0.3) is 0 Å². The molecule has 2 aliphatic carbocycles. The molecule has 0 saturated heterocycles. The fourth-order valence-corrected chi connectivity index (χ4v) is 5.01. The molecule has 4 rings (SSSR count). The SMILES string of the molecule is COCCCC(=O)CC1CCC(Nc2nccc(Nc3cc(C4CCCC4)[nH]n3)n2)CC1. The number of rotatable bonds is 11. The maximum absolute atomic E-state index is 12.1. The minimum atomic E-state index is 0.351.